The van der Waals surface area contributed by atoms with Crippen molar-refractivity contribution in [3.8, 4) is 0 Å². The second-order valence-corrected chi connectivity index (χ2v) is 7.15. The number of benzene rings is 1. The number of anilines is 2. The molecule has 0 spiro atoms. The van der Waals surface area contributed by atoms with Gasteiger partial charge < -0.3 is 21.3 Å². The highest BCUT2D eigenvalue weighted by Crippen LogP contribution is 2.19. The zero-order chi connectivity index (χ0) is 16.6. The average molecular weight is 317 g/mol. The van der Waals surface area contributed by atoms with E-state index in [-0.39, 0.29) is 5.69 Å². The Morgan fingerprint density at radius 2 is 1.57 bits per heavy atom. The first-order valence-corrected chi connectivity index (χ1v) is 8.37. The Bertz CT molecular complexity index is 520. The van der Waals surface area contributed by atoms with Crippen molar-refractivity contribution in [2.75, 3.05) is 24.6 Å². The quantitative estimate of drug-likeness (QED) is 0.542. The Balaban J connectivity index is 0.000000400. The van der Waals surface area contributed by atoms with Crippen LogP contribution in [0, 0.1) is 11.8 Å². The fourth-order valence-corrected chi connectivity index (χ4v) is 2.14. The number of nitrogen functional groups attached to an aromatic ring is 2. The van der Waals surface area contributed by atoms with Crippen LogP contribution >= 0.6 is 0 Å². The van der Waals surface area contributed by atoms with E-state index in [2.05, 4.69) is 33.0 Å². The minimum atomic E-state index is -4.48. The summed E-state index contributed by atoms with van der Waals surface area (Å²) in [5.41, 5.74) is 10.7. The van der Waals surface area contributed by atoms with E-state index in [1.165, 1.54) is 25.2 Å². The normalized spacial score (nSPS) is 11.4. The number of rotatable bonds is 5. The molecular formula is C14H27N3O3S. The van der Waals surface area contributed by atoms with Gasteiger partial charge in [0.15, 0.2) is 0 Å². The first-order chi connectivity index (χ1) is 9.54. The van der Waals surface area contributed by atoms with Crippen LogP contribution in [0.15, 0.2) is 23.1 Å². The predicted octanol–water partition coefficient (Wildman–Crippen LogP) is 0.617. The maximum absolute atomic E-state index is 10.5. The number of hydrogen-bond donors (Lipinski definition) is 3. The Morgan fingerprint density at radius 1 is 1.10 bits per heavy atom. The summed E-state index contributed by atoms with van der Waals surface area (Å²) in [5, 5.41) is 2.40. The number of nitrogens with two attached hydrogens (primary N) is 3. The van der Waals surface area contributed by atoms with Crippen LogP contribution in [-0.4, -0.2) is 26.1 Å². The molecule has 7 heteroatoms. The molecule has 0 amide bonds. The van der Waals surface area contributed by atoms with Crippen LogP contribution in [0.1, 0.15) is 27.7 Å². The van der Waals surface area contributed by atoms with Gasteiger partial charge in [-0.25, -0.2) is 8.42 Å². The second-order valence-electron chi connectivity index (χ2n) is 5.80. The van der Waals surface area contributed by atoms with Crippen LogP contribution in [-0.2, 0) is 10.1 Å². The van der Waals surface area contributed by atoms with Crippen LogP contribution < -0.4 is 16.8 Å². The molecule has 6 N–H and O–H groups in total. The molecule has 1 aromatic carbocycles. The molecule has 0 bridgehead atoms. The Kier molecular flexibility index (Phi) is 8.31. The zero-order valence-electron chi connectivity index (χ0n) is 13.2. The molecular weight excluding hydrogens is 290 g/mol. The molecule has 1 aromatic rings. The van der Waals surface area contributed by atoms with Gasteiger partial charge in [-0.1, -0.05) is 27.7 Å². The summed E-state index contributed by atoms with van der Waals surface area (Å²) in [6.07, 6.45) is 0. The van der Waals surface area contributed by atoms with Gasteiger partial charge >= 0.3 is 0 Å². The molecule has 0 fully saturated rings. The van der Waals surface area contributed by atoms with E-state index in [1.54, 1.807) is 0 Å². The topological polar surface area (TPSA) is 126 Å². The maximum atomic E-state index is 10.5. The van der Waals surface area contributed by atoms with Gasteiger partial charge in [-0.05, 0) is 18.2 Å². The molecule has 1 rings (SSSR count). The monoisotopic (exact) mass is 317 g/mol. The first-order valence-electron chi connectivity index (χ1n) is 6.96. The van der Waals surface area contributed by atoms with Gasteiger partial charge in [-0.15, -0.1) is 0 Å². The Hall–Kier alpha value is -1.31. The lowest BCUT2D eigenvalue weighted by Gasteiger charge is -2.09. The summed E-state index contributed by atoms with van der Waals surface area (Å²) in [6, 6.07) is 3.62. The van der Waals surface area contributed by atoms with Gasteiger partial charge in [0.2, 0.25) is 0 Å². The van der Waals surface area contributed by atoms with Crippen molar-refractivity contribution in [1.29, 1.82) is 0 Å². The van der Waals surface area contributed by atoms with Crippen LogP contribution in [0.25, 0.3) is 0 Å². The summed E-state index contributed by atoms with van der Waals surface area (Å²) < 4.78 is 31.5. The Labute approximate surface area is 127 Å². The molecule has 21 heavy (non-hydrogen) atoms. The molecule has 0 saturated carbocycles. The molecule has 6 nitrogen and oxygen atoms in total. The van der Waals surface area contributed by atoms with Gasteiger partial charge in [-0.2, -0.15) is 0 Å². The molecule has 0 radical (unpaired) electrons. The minimum absolute atomic E-state index is 0.120. The van der Waals surface area contributed by atoms with E-state index in [0.29, 0.717) is 5.69 Å². The first kappa shape index (κ1) is 19.7. The van der Waals surface area contributed by atoms with Gasteiger partial charge in [0.1, 0.15) is 10.1 Å². The second kappa shape index (κ2) is 8.86. The van der Waals surface area contributed by atoms with Gasteiger partial charge in [0.25, 0.3) is 0 Å². The van der Waals surface area contributed by atoms with E-state index >= 15 is 0 Å². The third kappa shape index (κ3) is 9.28. The fourth-order valence-electron chi connectivity index (χ4n) is 1.56. The summed E-state index contributed by atoms with van der Waals surface area (Å²) in [4.78, 5) is -0.434. The number of hydrogen-bond acceptors (Lipinski definition) is 5. The van der Waals surface area contributed by atoms with E-state index in [4.69, 9.17) is 11.5 Å². The smallest absolute Gasteiger partial charge is 0.126 e. The van der Waals surface area contributed by atoms with E-state index < -0.39 is 15.0 Å². The summed E-state index contributed by atoms with van der Waals surface area (Å²) in [6.45, 7) is 11.6. The summed E-state index contributed by atoms with van der Waals surface area (Å²) in [7, 11) is -4.48. The third-order valence-electron chi connectivity index (χ3n) is 2.58. The molecule has 0 aromatic heterocycles. The molecule has 0 unspecified atom stereocenters. The number of quaternary nitrogens is 1. The lowest BCUT2D eigenvalue weighted by atomic mass is 10.2. The van der Waals surface area contributed by atoms with Crippen LogP contribution in [0.2, 0.25) is 0 Å². The molecule has 122 valence electrons. The standard InChI is InChI=1S/C8H19N.C6H8N2O3S/c1-7(2)5-9-6-8(3)4;7-4-1-2-6(5(8)3-4)12(9,10)11/h7-9H,5-6H2,1-4H3;1-3H,7-8H2,(H,9,10,11). The summed E-state index contributed by atoms with van der Waals surface area (Å²) >= 11 is 0. The van der Waals surface area contributed by atoms with Gasteiger partial charge in [0.05, 0.1) is 23.7 Å². The van der Waals surface area contributed by atoms with Crippen LogP contribution in [0.5, 0.6) is 0 Å². The van der Waals surface area contributed by atoms with Crippen molar-refractivity contribution in [3.63, 3.8) is 0 Å². The highest BCUT2D eigenvalue weighted by Gasteiger charge is 2.05. The Morgan fingerprint density at radius 3 is 1.90 bits per heavy atom. The summed E-state index contributed by atoms with van der Waals surface area (Å²) in [5.74, 6) is 1.67. The molecule has 0 aliphatic heterocycles. The van der Waals surface area contributed by atoms with Gasteiger partial charge in [0, 0.05) is 17.5 Å². The maximum Gasteiger partial charge on any atom is 0.126 e. The molecule has 0 aliphatic rings. The lowest BCUT2D eigenvalue weighted by Crippen LogP contribution is -2.86. The predicted molar refractivity (Wildman–Crippen MR) is 84.6 cm³/mol. The highest BCUT2D eigenvalue weighted by molar-refractivity contribution is 7.86. The van der Waals surface area contributed by atoms with Crippen molar-refractivity contribution < 1.29 is 18.3 Å². The van der Waals surface area contributed by atoms with E-state index in [9.17, 15) is 13.0 Å². The zero-order valence-corrected chi connectivity index (χ0v) is 14.0. The molecule has 0 saturated heterocycles. The van der Waals surface area contributed by atoms with Crippen LogP contribution in [0.4, 0.5) is 11.4 Å². The molecule has 0 heterocycles. The van der Waals surface area contributed by atoms with Crippen molar-refractivity contribution in [2.24, 2.45) is 11.8 Å². The van der Waals surface area contributed by atoms with Crippen molar-refractivity contribution >= 4 is 21.5 Å². The van der Waals surface area contributed by atoms with E-state index in [1.807, 2.05) is 0 Å². The van der Waals surface area contributed by atoms with Crippen molar-refractivity contribution in [3.05, 3.63) is 18.2 Å². The van der Waals surface area contributed by atoms with Crippen molar-refractivity contribution in [1.82, 2.24) is 0 Å². The van der Waals surface area contributed by atoms with Gasteiger partial charge in [-0.3, -0.25) is 0 Å². The third-order valence-corrected chi connectivity index (χ3v) is 3.49. The van der Waals surface area contributed by atoms with E-state index in [0.717, 1.165) is 17.9 Å². The average Bonchev–Trinajstić information content (AvgIpc) is 2.26. The van der Waals surface area contributed by atoms with Crippen LogP contribution in [0.3, 0.4) is 0 Å². The largest absolute Gasteiger partial charge is 0.744 e. The SMILES string of the molecule is CC(C)C[NH2+]CC(C)C.Nc1ccc(S(=O)(=O)[O-])c(N)c1. The molecule has 0 atom stereocenters. The lowest BCUT2D eigenvalue weighted by molar-refractivity contribution is -0.664. The highest BCUT2D eigenvalue weighted by atomic mass is 32.2. The van der Waals surface area contributed by atoms with Crippen molar-refractivity contribution in [2.45, 2.75) is 32.6 Å². The molecule has 0 aliphatic carbocycles. The minimum Gasteiger partial charge on any atom is -0.744 e. The fraction of sp³-hybridized carbons (Fsp3) is 0.571.